The Hall–Kier alpha value is -0.610. The van der Waals surface area contributed by atoms with Crippen LogP contribution in [0.15, 0.2) is 0 Å². The van der Waals surface area contributed by atoms with E-state index in [1.807, 2.05) is 0 Å². The minimum absolute atomic E-state index is 0.0454. The van der Waals surface area contributed by atoms with Gasteiger partial charge in [0.05, 0.1) is 13.2 Å². The number of nitrogens with one attached hydrogen (secondary N) is 1. The summed E-state index contributed by atoms with van der Waals surface area (Å²) in [7, 11) is 1.33. The van der Waals surface area contributed by atoms with Gasteiger partial charge in [-0.05, 0) is 11.8 Å². The van der Waals surface area contributed by atoms with E-state index >= 15 is 0 Å². The van der Waals surface area contributed by atoms with Crippen molar-refractivity contribution in [1.82, 2.24) is 5.32 Å². The zero-order valence-corrected chi connectivity index (χ0v) is 9.20. The van der Waals surface area contributed by atoms with Gasteiger partial charge in [0, 0.05) is 6.04 Å². The normalized spacial score (nSPS) is 33.1. The van der Waals surface area contributed by atoms with Crippen molar-refractivity contribution >= 4 is 5.97 Å². The lowest BCUT2D eigenvalue weighted by molar-refractivity contribution is -0.145. The van der Waals surface area contributed by atoms with Gasteiger partial charge in [-0.2, -0.15) is 0 Å². The first-order chi connectivity index (χ1) is 6.36. The number of aliphatic hydroxyl groups is 1. The van der Waals surface area contributed by atoms with Crippen molar-refractivity contribution in [2.45, 2.75) is 45.4 Å². The summed E-state index contributed by atoms with van der Waals surface area (Å²) in [4.78, 5) is 11.3. The van der Waals surface area contributed by atoms with Gasteiger partial charge in [-0.1, -0.05) is 20.8 Å². The number of esters is 1. The summed E-state index contributed by atoms with van der Waals surface area (Å²) in [5, 5.41) is 12.8. The number of ether oxygens (including phenoxy) is 1. The van der Waals surface area contributed by atoms with E-state index in [4.69, 9.17) is 0 Å². The van der Waals surface area contributed by atoms with Crippen LogP contribution in [0, 0.1) is 5.41 Å². The fourth-order valence-corrected chi connectivity index (χ4v) is 1.73. The van der Waals surface area contributed by atoms with E-state index in [9.17, 15) is 9.90 Å². The Morgan fingerprint density at radius 2 is 2.07 bits per heavy atom. The summed E-state index contributed by atoms with van der Waals surface area (Å²) in [6.45, 7) is 6.24. The molecule has 1 aliphatic heterocycles. The molecule has 0 aromatic rings. The molecular weight excluding hydrogens is 182 g/mol. The molecule has 4 nitrogen and oxygen atoms in total. The van der Waals surface area contributed by atoms with Crippen LogP contribution in [0.4, 0.5) is 0 Å². The number of hydrogen-bond acceptors (Lipinski definition) is 4. The van der Waals surface area contributed by atoms with E-state index in [0.717, 1.165) is 0 Å². The number of carbonyl (C=O) groups excluding carboxylic acids is 1. The molecule has 0 spiro atoms. The van der Waals surface area contributed by atoms with Gasteiger partial charge in [-0.3, -0.25) is 10.1 Å². The van der Waals surface area contributed by atoms with Crippen LogP contribution in [-0.2, 0) is 9.53 Å². The van der Waals surface area contributed by atoms with Crippen molar-refractivity contribution in [2.24, 2.45) is 5.41 Å². The minimum Gasteiger partial charge on any atom is -0.468 e. The van der Waals surface area contributed by atoms with Crippen LogP contribution < -0.4 is 5.32 Å². The van der Waals surface area contributed by atoms with Gasteiger partial charge in [-0.15, -0.1) is 0 Å². The Bertz CT molecular complexity index is 222. The molecule has 0 aliphatic carbocycles. The van der Waals surface area contributed by atoms with E-state index < -0.39 is 12.1 Å². The van der Waals surface area contributed by atoms with Gasteiger partial charge in [0.1, 0.15) is 6.04 Å². The molecule has 1 rings (SSSR count). The maximum Gasteiger partial charge on any atom is 0.325 e. The zero-order valence-electron chi connectivity index (χ0n) is 9.20. The van der Waals surface area contributed by atoms with Gasteiger partial charge < -0.3 is 9.84 Å². The first-order valence-electron chi connectivity index (χ1n) is 4.88. The van der Waals surface area contributed by atoms with Gasteiger partial charge >= 0.3 is 5.97 Å². The van der Waals surface area contributed by atoms with Gasteiger partial charge in [0.25, 0.3) is 0 Å². The highest BCUT2D eigenvalue weighted by atomic mass is 16.5. The first kappa shape index (κ1) is 11.5. The average molecular weight is 201 g/mol. The molecule has 0 amide bonds. The lowest BCUT2D eigenvalue weighted by Gasteiger charge is -2.27. The Balaban J connectivity index is 2.65. The van der Waals surface area contributed by atoms with Crippen LogP contribution in [-0.4, -0.2) is 36.4 Å². The number of carbonyl (C=O) groups is 1. The highest BCUT2D eigenvalue weighted by Gasteiger charge is 2.42. The number of aliphatic hydroxyl groups excluding tert-OH is 1. The molecule has 0 saturated carbocycles. The fourth-order valence-electron chi connectivity index (χ4n) is 1.73. The second-order valence-electron chi connectivity index (χ2n) is 4.89. The van der Waals surface area contributed by atoms with E-state index in [0.29, 0.717) is 6.42 Å². The topological polar surface area (TPSA) is 58.6 Å². The summed E-state index contributed by atoms with van der Waals surface area (Å²) in [6.07, 6.45) is -0.0322. The van der Waals surface area contributed by atoms with Crippen LogP contribution in [0.3, 0.4) is 0 Å². The van der Waals surface area contributed by atoms with E-state index in [2.05, 4.69) is 30.8 Å². The van der Waals surface area contributed by atoms with Crippen molar-refractivity contribution < 1.29 is 14.6 Å². The molecule has 0 aromatic heterocycles. The molecule has 1 heterocycles. The third-order valence-electron chi connectivity index (χ3n) is 2.74. The lowest BCUT2D eigenvalue weighted by atomic mass is 9.86. The minimum atomic E-state index is -0.633. The maximum absolute atomic E-state index is 11.3. The summed E-state index contributed by atoms with van der Waals surface area (Å²) in [6, 6.07) is -0.411. The van der Waals surface area contributed by atoms with Crippen molar-refractivity contribution in [3.8, 4) is 0 Å². The molecule has 1 saturated heterocycles. The lowest BCUT2D eigenvalue weighted by Crippen LogP contribution is -2.44. The van der Waals surface area contributed by atoms with Crippen LogP contribution in [0.1, 0.15) is 27.2 Å². The van der Waals surface area contributed by atoms with Crippen molar-refractivity contribution in [1.29, 1.82) is 0 Å². The van der Waals surface area contributed by atoms with Crippen LogP contribution in [0.5, 0.6) is 0 Å². The van der Waals surface area contributed by atoms with E-state index in [1.54, 1.807) is 0 Å². The highest BCUT2D eigenvalue weighted by Crippen LogP contribution is 2.28. The van der Waals surface area contributed by atoms with Gasteiger partial charge in [-0.25, -0.2) is 0 Å². The summed E-state index contributed by atoms with van der Waals surface area (Å²) in [5.41, 5.74) is 0.0454. The monoisotopic (exact) mass is 201 g/mol. The molecule has 0 radical (unpaired) electrons. The molecule has 14 heavy (non-hydrogen) atoms. The summed E-state index contributed by atoms with van der Waals surface area (Å²) >= 11 is 0. The fraction of sp³-hybridized carbons (Fsp3) is 0.900. The number of hydrogen-bond donors (Lipinski definition) is 2. The first-order valence-corrected chi connectivity index (χ1v) is 4.88. The third kappa shape index (κ3) is 2.25. The Kier molecular flexibility index (Phi) is 3.17. The number of methoxy groups -OCH3 is 1. The molecule has 1 fully saturated rings. The van der Waals surface area contributed by atoms with Gasteiger partial charge in [0.15, 0.2) is 0 Å². The van der Waals surface area contributed by atoms with Crippen LogP contribution in [0.25, 0.3) is 0 Å². The molecule has 3 atom stereocenters. The van der Waals surface area contributed by atoms with E-state index in [1.165, 1.54) is 7.11 Å². The maximum atomic E-state index is 11.3. The van der Waals surface area contributed by atoms with E-state index in [-0.39, 0.29) is 17.4 Å². The molecule has 4 heteroatoms. The second-order valence-corrected chi connectivity index (χ2v) is 4.89. The van der Waals surface area contributed by atoms with Gasteiger partial charge in [0.2, 0.25) is 0 Å². The summed E-state index contributed by atoms with van der Waals surface area (Å²) in [5.74, 6) is -0.385. The molecule has 3 unspecified atom stereocenters. The van der Waals surface area contributed by atoms with Crippen LogP contribution in [0.2, 0.25) is 0 Å². The molecule has 2 N–H and O–H groups in total. The Labute approximate surface area is 84.6 Å². The predicted molar refractivity (Wildman–Crippen MR) is 52.8 cm³/mol. The third-order valence-corrected chi connectivity index (χ3v) is 2.74. The molecule has 1 aliphatic rings. The van der Waals surface area contributed by atoms with Crippen LogP contribution >= 0.6 is 0 Å². The SMILES string of the molecule is COC(=O)C1NC(C(C)(C)C)CC1O. The number of rotatable bonds is 1. The zero-order chi connectivity index (χ0) is 10.9. The predicted octanol–water partition coefficient (Wildman–Crippen LogP) is 0.297. The average Bonchev–Trinajstić information content (AvgIpc) is 2.45. The standard InChI is InChI=1S/C10H19NO3/c1-10(2,3)7-5-6(12)8(11-7)9(13)14-4/h6-8,11-12H,5H2,1-4H3. The Morgan fingerprint density at radius 1 is 1.50 bits per heavy atom. The molecule has 0 aromatic carbocycles. The van der Waals surface area contributed by atoms with Crippen molar-refractivity contribution in [2.75, 3.05) is 7.11 Å². The summed E-state index contributed by atoms with van der Waals surface area (Å²) < 4.78 is 4.60. The largest absolute Gasteiger partial charge is 0.468 e. The smallest absolute Gasteiger partial charge is 0.325 e. The molecule has 82 valence electrons. The van der Waals surface area contributed by atoms with Crippen molar-refractivity contribution in [3.05, 3.63) is 0 Å². The highest BCUT2D eigenvalue weighted by molar-refractivity contribution is 5.77. The molecule has 0 bridgehead atoms. The van der Waals surface area contributed by atoms with Crippen molar-refractivity contribution in [3.63, 3.8) is 0 Å². The quantitative estimate of drug-likeness (QED) is 0.599. The Morgan fingerprint density at radius 3 is 2.43 bits per heavy atom. The second kappa shape index (κ2) is 3.87. The molecular formula is C10H19NO3.